The number of nitrogens with zero attached hydrogens (tertiary/aromatic N) is 2. The minimum Gasteiger partial charge on any atom is -0.362 e. The number of benzene rings is 2. The molecular weight excluding hydrogens is 326 g/mol. The molecule has 1 heterocycles. The highest BCUT2D eigenvalue weighted by molar-refractivity contribution is 5.95. The van der Waals surface area contributed by atoms with Gasteiger partial charge < -0.3 is 15.1 Å². The molecule has 0 saturated heterocycles. The molecule has 2 aromatic carbocycles. The summed E-state index contributed by atoms with van der Waals surface area (Å²) in [6.45, 7) is 5.12. The van der Waals surface area contributed by atoms with Gasteiger partial charge in [0, 0.05) is 25.0 Å². The van der Waals surface area contributed by atoms with Gasteiger partial charge in [0.25, 0.3) is 0 Å². The summed E-state index contributed by atoms with van der Waals surface area (Å²) in [4.78, 5) is 28.4. The molecule has 0 unspecified atom stereocenters. The van der Waals surface area contributed by atoms with E-state index in [2.05, 4.69) is 16.3 Å². The topological polar surface area (TPSA) is 52.7 Å². The van der Waals surface area contributed by atoms with Gasteiger partial charge in [-0.3, -0.25) is 9.59 Å². The van der Waals surface area contributed by atoms with Gasteiger partial charge in [-0.05, 0) is 49.1 Å². The average molecular weight is 351 g/mol. The van der Waals surface area contributed by atoms with Crippen molar-refractivity contribution in [2.75, 3.05) is 36.9 Å². The van der Waals surface area contributed by atoms with Gasteiger partial charge in [0.2, 0.25) is 11.8 Å². The van der Waals surface area contributed by atoms with Crippen LogP contribution < -0.4 is 10.2 Å². The zero-order valence-electron chi connectivity index (χ0n) is 15.6. The molecule has 136 valence electrons. The van der Waals surface area contributed by atoms with E-state index < -0.39 is 0 Å². The Morgan fingerprint density at radius 3 is 2.73 bits per heavy atom. The molecule has 1 N–H and O–H groups in total. The van der Waals surface area contributed by atoms with Gasteiger partial charge >= 0.3 is 0 Å². The molecule has 0 bridgehead atoms. The van der Waals surface area contributed by atoms with Crippen LogP contribution in [0.5, 0.6) is 0 Å². The monoisotopic (exact) mass is 351 g/mol. The van der Waals surface area contributed by atoms with Gasteiger partial charge in [0.15, 0.2) is 0 Å². The Bertz CT molecular complexity index is 832. The van der Waals surface area contributed by atoms with E-state index >= 15 is 0 Å². The summed E-state index contributed by atoms with van der Waals surface area (Å²) >= 11 is 0. The number of anilines is 2. The van der Waals surface area contributed by atoms with Crippen molar-refractivity contribution in [3.05, 3.63) is 59.2 Å². The normalized spacial score (nSPS) is 12.7. The Labute approximate surface area is 154 Å². The SMILES string of the molecule is Cc1ccc(C)c(NC(=O)CN(C)C(=O)CN2CCc3ccccc32)c1. The first-order chi connectivity index (χ1) is 12.4. The smallest absolute Gasteiger partial charge is 0.243 e. The molecule has 0 radical (unpaired) electrons. The Hall–Kier alpha value is -2.82. The highest BCUT2D eigenvalue weighted by Crippen LogP contribution is 2.27. The van der Waals surface area contributed by atoms with Crippen molar-refractivity contribution in [3.8, 4) is 0 Å². The molecule has 26 heavy (non-hydrogen) atoms. The van der Waals surface area contributed by atoms with Gasteiger partial charge in [0.05, 0.1) is 13.1 Å². The molecule has 1 aliphatic rings. The van der Waals surface area contributed by atoms with Crippen LogP contribution in [0, 0.1) is 13.8 Å². The highest BCUT2D eigenvalue weighted by Gasteiger charge is 2.22. The largest absolute Gasteiger partial charge is 0.362 e. The van der Waals surface area contributed by atoms with Gasteiger partial charge in [-0.15, -0.1) is 0 Å². The molecule has 2 amide bonds. The first kappa shape index (κ1) is 18.0. The molecular formula is C21H25N3O2. The quantitative estimate of drug-likeness (QED) is 0.901. The third kappa shape index (κ3) is 4.04. The fourth-order valence-electron chi connectivity index (χ4n) is 3.22. The highest BCUT2D eigenvalue weighted by atomic mass is 16.2. The molecule has 0 saturated carbocycles. The summed E-state index contributed by atoms with van der Waals surface area (Å²) < 4.78 is 0. The lowest BCUT2D eigenvalue weighted by Gasteiger charge is -2.23. The van der Waals surface area contributed by atoms with Crippen LogP contribution in [-0.4, -0.2) is 43.4 Å². The maximum atomic E-state index is 12.5. The van der Waals surface area contributed by atoms with E-state index in [4.69, 9.17) is 0 Å². The lowest BCUT2D eigenvalue weighted by Crippen LogP contribution is -2.41. The number of likely N-dealkylation sites (N-methyl/N-ethyl adjacent to an activating group) is 1. The van der Waals surface area contributed by atoms with E-state index in [1.54, 1.807) is 7.05 Å². The number of amides is 2. The number of hydrogen-bond donors (Lipinski definition) is 1. The second-order valence-electron chi connectivity index (χ2n) is 6.92. The van der Waals surface area contributed by atoms with Crippen molar-refractivity contribution in [2.45, 2.75) is 20.3 Å². The summed E-state index contributed by atoms with van der Waals surface area (Å²) in [6.07, 6.45) is 0.959. The van der Waals surface area contributed by atoms with Gasteiger partial charge in [-0.2, -0.15) is 0 Å². The molecule has 5 heteroatoms. The number of nitrogens with one attached hydrogen (secondary N) is 1. The summed E-state index contributed by atoms with van der Waals surface area (Å²) in [6, 6.07) is 14.1. The number of carbonyl (C=O) groups excluding carboxylic acids is 2. The van der Waals surface area contributed by atoms with E-state index in [1.165, 1.54) is 10.5 Å². The van der Waals surface area contributed by atoms with Crippen LogP contribution in [0.25, 0.3) is 0 Å². The van der Waals surface area contributed by atoms with Gasteiger partial charge in [0.1, 0.15) is 0 Å². The molecule has 0 fully saturated rings. The zero-order valence-corrected chi connectivity index (χ0v) is 15.6. The van der Waals surface area contributed by atoms with Gasteiger partial charge in [-0.1, -0.05) is 30.3 Å². The van der Waals surface area contributed by atoms with Crippen molar-refractivity contribution in [1.29, 1.82) is 0 Å². The van der Waals surface area contributed by atoms with E-state index in [0.717, 1.165) is 35.5 Å². The summed E-state index contributed by atoms with van der Waals surface area (Å²) in [7, 11) is 1.67. The number of fused-ring (bicyclic) bond motifs is 1. The van der Waals surface area contributed by atoms with Crippen molar-refractivity contribution < 1.29 is 9.59 Å². The molecule has 2 aromatic rings. The molecule has 1 aliphatic heterocycles. The van der Waals surface area contributed by atoms with E-state index in [0.29, 0.717) is 6.54 Å². The Morgan fingerprint density at radius 1 is 1.15 bits per heavy atom. The lowest BCUT2D eigenvalue weighted by molar-refractivity contribution is -0.132. The minimum atomic E-state index is -0.184. The van der Waals surface area contributed by atoms with E-state index in [1.807, 2.05) is 50.2 Å². The fourth-order valence-corrected chi connectivity index (χ4v) is 3.22. The lowest BCUT2D eigenvalue weighted by atomic mass is 10.1. The molecule has 5 nitrogen and oxygen atoms in total. The maximum absolute atomic E-state index is 12.5. The van der Waals surface area contributed by atoms with Crippen LogP contribution in [-0.2, 0) is 16.0 Å². The summed E-state index contributed by atoms with van der Waals surface area (Å²) in [5.41, 5.74) is 5.28. The first-order valence-corrected chi connectivity index (χ1v) is 8.88. The molecule has 0 spiro atoms. The fraction of sp³-hybridized carbons (Fsp3) is 0.333. The predicted octanol–water partition coefficient (Wildman–Crippen LogP) is 2.76. The standard InChI is InChI=1S/C21H25N3O2/c1-15-8-9-16(2)18(12-15)22-20(25)13-23(3)21(26)14-24-11-10-17-6-4-5-7-19(17)24/h4-9,12H,10-11,13-14H2,1-3H3,(H,22,25). The minimum absolute atomic E-state index is 0.0434. The number of carbonyl (C=O) groups is 2. The van der Waals surface area contributed by atoms with Crippen LogP contribution >= 0.6 is 0 Å². The van der Waals surface area contributed by atoms with E-state index in [9.17, 15) is 9.59 Å². The van der Waals surface area contributed by atoms with E-state index in [-0.39, 0.29) is 18.4 Å². The third-order valence-electron chi connectivity index (χ3n) is 4.78. The summed E-state index contributed by atoms with van der Waals surface area (Å²) in [5.74, 6) is -0.241. The first-order valence-electron chi connectivity index (χ1n) is 8.88. The maximum Gasteiger partial charge on any atom is 0.243 e. The van der Waals surface area contributed by atoms with Gasteiger partial charge in [-0.25, -0.2) is 0 Å². The molecule has 0 aromatic heterocycles. The predicted molar refractivity (Wildman–Crippen MR) is 105 cm³/mol. The Kier molecular flexibility index (Phi) is 5.26. The molecule has 0 aliphatic carbocycles. The molecule has 3 rings (SSSR count). The third-order valence-corrected chi connectivity index (χ3v) is 4.78. The van der Waals surface area contributed by atoms with Crippen molar-refractivity contribution >= 4 is 23.2 Å². The van der Waals surface area contributed by atoms with Crippen molar-refractivity contribution in [2.24, 2.45) is 0 Å². The van der Waals surface area contributed by atoms with Crippen molar-refractivity contribution in [1.82, 2.24) is 4.90 Å². The summed E-state index contributed by atoms with van der Waals surface area (Å²) in [5, 5.41) is 2.90. The average Bonchev–Trinajstić information content (AvgIpc) is 3.01. The second-order valence-corrected chi connectivity index (χ2v) is 6.92. The number of rotatable bonds is 5. The van der Waals surface area contributed by atoms with Crippen LogP contribution in [0.1, 0.15) is 16.7 Å². The zero-order chi connectivity index (χ0) is 18.7. The van der Waals surface area contributed by atoms with Crippen molar-refractivity contribution in [3.63, 3.8) is 0 Å². The number of hydrogen-bond acceptors (Lipinski definition) is 3. The Balaban J connectivity index is 1.56. The number of aryl methyl sites for hydroxylation is 2. The number of para-hydroxylation sites is 1. The van der Waals surface area contributed by atoms with Crippen LogP contribution in [0.3, 0.4) is 0 Å². The van der Waals surface area contributed by atoms with Crippen LogP contribution in [0.15, 0.2) is 42.5 Å². The Morgan fingerprint density at radius 2 is 1.92 bits per heavy atom. The van der Waals surface area contributed by atoms with Crippen LogP contribution in [0.4, 0.5) is 11.4 Å². The molecule has 0 atom stereocenters. The second kappa shape index (κ2) is 7.60. The van der Waals surface area contributed by atoms with Crippen LogP contribution in [0.2, 0.25) is 0 Å².